The number of rotatable bonds is 3. The summed E-state index contributed by atoms with van der Waals surface area (Å²) in [5.74, 6) is -0.307. The van der Waals surface area contributed by atoms with Gasteiger partial charge in [0.2, 0.25) is 0 Å². The van der Waals surface area contributed by atoms with Gasteiger partial charge in [0.25, 0.3) is 0 Å². The van der Waals surface area contributed by atoms with Crippen LogP contribution in [0.15, 0.2) is 55.0 Å². The molecule has 4 nitrogen and oxygen atoms in total. The number of nitrogens with zero attached hydrogens (tertiary/aromatic N) is 4. The standard InChI is InChI=1S/C21H17FN4/c1-14-10-16(15(2)26(14)19-4-3-9-23-13-19)5-7-18-12-24-21-11-17(22)6-8-20(21)25-18/h3-13H,1-2H3/b7-5+. The summed E-state index contributed by atoms with van der Waals surface area (Å²) in [6.45, 7) is 4.15. The molecule has 0 fully saturated rings. The second-order valence-electron chi connectivity index (χ2n) is 6.13. The molecule has 4 aromatic rings. The number of aromatic nitrogens is 4. The fourth-order valence-corrected chi connectivity index (χ4v) is 3.09. The van der Waals surface area contributed by atoms with E-state index in [1.54, 1.807) is 18.5 Å². The van der Waals surface area contributed by atoms with Crippen molar-refractivity contribution in [2.24, 2.45) is 0 Å². The Labute approximate surface area is 150 Å². The molecule has 0 atom stereocenters. The molecule has 5 heteroatoms. The van der Waals surface area contributed by atoms with Crippen molar-refractivity contribution in [3.8, 4) is 5.69 Å². The van der Waals surface area contributed by atoms with Gasteiger partial charge in [-0.15, -0.1) is 0 Å². The summed E-state index contributed by atoms with van der Waals surface area (Å²) in [7, 11) is 0. The molecule has 0 saturated heterocycles. The first-order valence-corrected chi connectivity index (χ1v) is 8.31. The number of halogens is 1. The summed E-state index contributed by atoms with van der Waals surface area (Å²) in [4.78, 5) is 13.0. The monoisotopic (exact) mass is 344 g/mol. The van der Waals surface area contributed by atoms with Crippen molar-refractivity contribution in [2.45, 2.75) is 13.8 Å². The zero-order valence-electron chi connectivity index (χ0n) is 14.5. The van der Waals surface area contributed by atoms with Gasteiger partial charge in [-0.05, 0) is 55.8 Å². The SMILES string of the molecule is Cc1cc(/C=C/c2cnc3cc(F)ccc3n2)c(C)n1-c1cccnc1. The minimum atomic E-state index is -0.307. The number of hydrogen-bond donors (Lipinski definition) is 0. The lowest BCUT2D eigenvalue weighted by atomic mass is 10.2. The van der Waals surface area contributed by atoms with Crippen molar-refractivity contribution >= 4 is 23.2 Å². The lowest BCUT2D eigenvalue weighted by Crippen LogP contribution is -1.99. The van der Waals surface area contributed by atoms with E-state index in [4.69, 9.17) is 0 Å². The molecule has 0 aliphatic rings. The molecule has 0 radical (unpaired) electrons. The largest absolute Gasteiger partial charge is 0.316 e. The third-order valence-electron chi connectivity index (χ3n) is 4.33. The Hall–Kier alpha value is -3.34. The van der Waals surface area contributed by atoms with Crippen molar-refractivity contribution in [3.05, 3.63) is 83.5 Å². The van der Waals surface area contributed by atoms with E-state index in [1.165, 1.54) is 12.1 Å². The van der Waals surface area contributed by atoms with Crippen LogP contribution in [0, 0.1) is 19.7 Å². The van der Waals surface area contributed by atoms with E-state index in [0.717, 1.165) is 28.3 Å². The maximum absolute atomic E-state index is 13.2. The average molecular weight is 344 g/mol. The first-order chi connectivity index (χ1) is 12.6. The van der Waals surface area contributed by atoms with Crippen molar-refractivity contribution in [1.82, 2.24) is 19.5 Å². The van der Waals surface area contributed by atoms with Crippen LogP contribution >= 0.6 is 0 Å². The Morgan fingerprint density at radius 2 is 1.88 bits per heavy atom. The van der Waals surface area contributed by atoms with E-state index in [-0.39, 0.29) is 5.82 Å². The van der Waals surface area contributed by atoms with Crippen LogP contribution in [-0.4, -0.2) is 19.5 Å². The van der Waals surface area contributed by atoms with Gasteiger partial charge in [0.15, 0.2) is 0 Å². The van der Waals surface area contributed by atoms with Gasteiger partial charge < -0.3 is 4.57 Å². The molecular weight excluding hydrogens is 327 g/mol. The van der Waals surface area contributed by atoms with E-state index in [2.05, 4.69) is 39.4 Å². The van der Waals surface area contributed by atoms with Gasteiger partial charge in [-0.3, -0.25) is 9.97 Å². The van der Waals surface area contributed by atoms with Crippen LogP contribution in [0.25, 0.3) is 28.9 Å². The fourth-order valence-electron chi connectivity index (χ4n) is 3.09. The molecular formula is C21H17FN4. The molecule has 0 unspecified atom stereocenters. The van der Waals surface area contributed by atoms with Gasteiger partial charge in [-0.25, -0.2) is 9.37 Å². The molecule has 0 aliphatic carbocycles. The van der Waals surface area contributed by atoms with Crippen molar-refractivity contribution < 1.29 is 4.39 Å². The number of pyridine rings is 1. The fraction of sp³-hybridized carbons (Fsp3) is 0.0952. The topological polar surface area (TPSA) is 43.6 Å². The minimum absolute atomic E-state index is 0.307. The van der Waals surface area contributed by atoms with Crippen LogP contribution in [0.1, 0.15) is 22.6 Å². The highest BCUT2D eigenvalue weighted by Crippen LogP contribution is 2.22. The smallest absolute Gasteiger partial charge is 0.125 e. The Kier molecular flexibility index (Phi) is 4.05. The minimum Gasteiger partial charge on any atom is -0.316 e. The quantitative estimate of drug-likeness (QED) is 0.539. The average Bonchev–Trinajstić information content (AvgIpc) is 2.94. The second-order valence-corrected chi connectivity index (χ2v) is 6.13. The van der Waals surface area contributed by atoms with Gasteiger partial charge in [0, 0.05) is 23.7 Å². The lowest BCUT2D eigenvalue weighted by molar-refractivity contribution is 0.629. The Balaban J connectivity index is 1.68. The van der Waals surface area contributed by atoms with Crippen LogP contribution in [0.5, 0.6) is 0 Å². The zero-order chi connectivity index (χ0) is 18.1. The van der Waals surface area contributed by atoms with Crippen LogP contribution < -0.4 is 0 Å². The lowest BCUT2D eigenvalue weighted by Gasteiger charge is -2.08. The molecule has 3 heterocycles. The summed E-state index contributed by atoms with van der Waals surface area (Å²) in [5, 5.41) is 0. The molecule has 0 amide bonds. The summed E-state index contributed by atoms with van der Waals surface area (Å²) in [6.07, 6.45) is 9.21. The van der Waals surface area contributed by atoms with Crippen LogP contribution in [0.3, 0.4) is 0 Å². The molecule has 26 heavy (non-hydrogen) atoms. The molecule has 0 saturated carbocycles. The molecule has 0 N–H and O–H groups in total. The predicted molar refractivity (Wildman–Crippen MR) is 101 cm³/mol. The van der Waals surface area contributed by atoms with E-state index in [1.807, 2.05) is 30.5 Å². The summed E-state index contributed by atoms with van der Waals surface area (Å²) in [5.41, 5.74) is 6.36. The number of fused-ring (bicyclic) bond motifs is 1. The number of aryl methyl sites for hydroxylation is 1. The summed E-state index contributed by atoms with van der Waals surface area (Å²) >= 11 is 0. The number of benzene rings is 1. The first kappa shape index (κ1) is 16.1. The van der Waals surface area contributed by atoms with Crippen molar-refractivity contribution in [3.63, 3.8) is 0 Å². The Morgan fingerprint density at radius 1 is 1.00 bits per heavy atom. The van der Waals surface area contributed by atoms with Crippen molar-refractivity contribution in [1.29, 1.82) is 0 Å². The molecule has 128 valence electrons. The normalized spacial score (nSPS) is 11.5. The van der Waals surface area contributed by atoms with Gasteiger partial charge in [0.05, 0.1) is 34.8 Å². The first-order valence-electron chi connectivity index (χ1n) is 8.31. The molecule has 0 spiro atoms. The Morgan fingerprint density at radius 3 is 2.69 bits per heavy atom. The molecule has 4 rings (SSSR count). The highest BCUT2D eigenvalue weighted by molar-refractivity contribution is 5.77. The Bertz CT molecular complexity index is 1110. The van der Waals surface area contributed by atoms with Gasteiger partial charge in [-0.1, -0.05) is 6.08 Å². The molecule has 3 aromatic heterocycles. The predicted octanol–water partition coefficient (Wildman–Crippen LogP) is 4.74. The van der Waals surface area contributed by atoms with Gasteiger partial charge in [-0.2, -0.15) is 0 Å². The van der Waals surface area contributed by atoms with Crippen LogP contribution in [-0.2, 0) is 0 Å². The van der Waals surface area contributed by atoms with Crippen LogP contribution in [0.4, 0.5) is 4.39 Å². The van der Waals surface area contributed by atoms with E-state index >= 15 is 0 Å². The maximum Gasteiger partial charge on any atom is 0.125 e. The van der Waals surface area contributed by atoms with Gasteiger partial charge >= 0.3 is 0 Å². The highest BCUT2D eigenvalue weighted by Gasteiger charge is 2.09. The molecule has 1 aromatic carbocycles. The van der Waals surface area contributed by atoms with E-state index in [0.29, 0.717) is 11.0 Å². The van der Waals surface area contributed by atoms with Crippen LogP contribution in [0.2, 0.25) is 0 Å². The third kappa shape index (κ3) is 2.99. The molecule has 0 aliphatic heterocycles. The van der Waals surface area contributed by atoms with E-state index in [9.17, 15) is 4.39 Å². The van der Waals surface area contributed by atoms with Gasteiger partial charge in [0.1, 0.15) is 5.82 Å². The van der Waals surface area contributed by atoms with E-state index < -0.39 is 0 Å². The second kappa shape index (κ2) is 6.52. The summed E-state index contributed by atoms with van der Waals surface area (Å²) < 4.78 is 15.4. The third-order valence-corrected chi connectivity index (χ3v) is 4.33. The summed E-state index contributed by atoms with van der Waals surface area (Å²) in [6, 6.07) is 10.5. The molecule has 0 bridgehead atoms. The highest BCUT2D eigenvalue weighted by atomic mass is 19.1. The van der Waals surface area contributed by atoms with Crippen molar-refractivity contribution in [2.75, 3.05) is 0 Å². The maximum atomic E-state index is 13.2. The number of hydrogen-bond acceptors (Lipinski definition) is 3. The zero-order valence-corrected chi connectivity index (χ0v) is 14.5.